The largest absolute Gasteiger partial charge is 0.480 e. The average Bonchev–Trinajstić information content (AvgIpc) is 2.90. The molecule has 0 saturated heterocycles. The van der Waals surface area contributed by atoms with Crippen LogP contribution >= 0.6 is 23.1 Å². The molecule has 0 spiro atoms. The minimum absolute atomic E-state index is 0.0660. The van der Waals surface area contributed by atoms with Crippen molar-refractivity contribution in [3.63, 3.8) is 0 Å². The van der Waals surface area contributed by atoms with Crippen LogP contribution in [0.1, 0.15) is 24.8 Å². The summed E-state index contributed by atoms with van der Waals surface area (Å²) in [5, 5.41) is 16.0. The van der Waals surface area contributed by atoms with Crippen LogP contribution in [0.2, 0.25) is 0 Å². The Balaban J connectivity index is 2.32. The molecule has 3 N–H and O–H groups in total. The van der Waals surface area contributed by atoms with Gasteiger partial charge in [0.1, 0.15) is 6.04 Å². The van der Waals surface area contributed by atoms with Crippen molar-refractivity contribution in [2.24, 2.45) is 0 Å². The van der Waals surface area contributed by atoms with Crippen LogP contribution in [-0.2, 0) is 14.4 Å². The third-order valence-electron chi connectivity index (χ3n) is 2.54. The van der Waals surface area contributed by atoms with Gasteiger partial charge in [-0.3, -0.25) is 9.59 Å². The van der Waals surface area contributed by atoms with Gasteiger partial charge in [0.2, 0.25) is 11.8 Å². The number of nitrogens with one attached hydrogen (secondary N) is 2. The smallest absolute Gasteiger partial charge is 0.327 e. The number of thioether (sulfide) groups is 1. The minimum Gasteiger partial charge on any atom is -0.480 e. The van der Waals surface area contributed by atoms with Crippen molar-refractivity contribution in [3.05, 3.63) is 22.4 Å². The topological polar surface area (TPSA) is 95.5 Å². The summed E-state index contributed by atoms with van der Waals surface area (Å²) in [6.45, 7) is 3.15. The Labute approximate surface area is 131 Å². The van der Waals surface area contributed by atoms with Crippen LogP contribution in [0.4, 0.5) is 0 Å². The van der Waals surface area contributed by atoms with E-state index in [2.05, 4.69) is 10.6 Å². The molecule has 0 radical (unpaired) electrons. The monoisotopic (exact) mass is 330 g/mol. The summed E-state index contributed by atoms with van der Waals surface area (Å²) in [5.74, 6) is -1.37. The molecule has 0 aliphatic carbocycles. The van der Waals surface area contributed by atoms with Gasteiger partial charge in [-0.25, -0.2) is 4.79 Å². The predicted octanol–water partition coefficient (Wildman–Crippen LogP) is 1.25. The van der Waals surface area contributed by atoms with Gasteiger partial charge in [-0.05, 0) is 18.4 Å². The first-order chi connectivity index (χ1) is 9.90. The molecule has 0 bridgehead atoms. The molecule has 1 heterocycles. The standard InChI is InChI=1S/C13H18N2O4S2/c1-8(11-4-3-5-21-11)14-12(17)7-20-6-10(13(18)19)15-9(2)16/h3-5,8,10H,6-7H2,1-2H3,(H,14,17)(H,15,16)(H,18,19). The van der Waals surface area contributed by atoms with Crippen molar-refractivity contribution in [2.75, 3.05) is 11.5 Å². The molecule has 2 unspecified atom stereocenters. The number of carboxylic acids is 1. The van der Waals surface area contributed by atoms with E-state index in [-0.39, 0.29) is 23.5 Å². The van der Waals surface area contributed by atoms with E-state index < -0.39 is 17.9 Å². The van der Waals surface area contributed by atoms with Gasteiger partial charge in [0.05, 0.1) is 11.8 Å². The average molecular weight is 330 g/mol. The molecule has 21 heavy (non-hydrogen) atoms. The second-order valence-electron chi connectivity index (χ2n) is 4.41. The number of carboxylic acid groups (broad SMARTS) is 1. The maximum atomic E-state index is 11.8. The number of hydrogen-bond donors (Lipinski definition) is 3. The van der Waals surface area contributed by atoms with E-state index in [1.54, 1.807) is 11.3 Å². The van der Waals surface area contributed by atoms with Crippen molar-refractivity contribution in [3.8, 4) is 0 Å². The van der Waals surface area contributed by atoms with Gasteiger partial charge in [0, 0.05) is 17.6 Å². The van der Waals surface area contributed by atoms with Crippen LogP contribution in [0.3, 0.4) is 0 Å². The highest BCUT2D eigenvalue weighted by molar-refractivity contribution is 8.00. The van der Waals surface area contributed by atoms with E-state index in [1.807, 2.05) is 24.4 Å². The summed E-state index contributed by atoms with van der Waals surface area (Å²) in [6.07, 6.45) is 0. The molecule has 116 valence electrons. The van der Waals surface area contributed by atoms with Crippen molar-refractivity contribution >= 4 is 40.9 Å². The molecule has 0 fully saturated rings. The van der Waals surface area contributed by atoms with Crippen LogP contribution < -0.4 is 10.6 Å². The number of aliphatic carboxylic acids is 1. The summed E-state index contributed by atoms with van der Waals surface area (Å²) >= 11 is 2.74. The fraction of sp³-hybridized carbons (Fsp3) is 0.462. The molecule has 0 aliphatic rings. The quantitative estimate of drug-likeness (QED) is 0.667. The molecule has 1 aromatic heterocycles. The number of carbonyl (C=O) groups is 3. The van der Waals surface area contributed by atoms with Gasteiger partial charge in [-0.2, -0.15) is 0 Å². The summed E-state index contributed by atoms with van der Waals surface area (Å²) in [7, 11) is 0. The molecule has 8 heteroatoms. The molecule has 1 aromatic rings. The lowest BCUT2D eigenvalue weighted by atomic mass is 10.3. The number of hydrogen-bond acceptors (Lipinski definition) is 5. The molecular formula is C13H18N2O4S2. The Morgan fingerprint density at radius 3 is 2.62 bits per heavy atom. The molecule has 0 saturated carbocycles. The molecule has 0 aliphatic heterocycles. The van der Waals surface area contributed by atoms with Crippen LogP contribution in [0.15, 0.2) is 17.5 Å². The van der Waals surface area contributed by atoms with E-state index in [0.29, 0.717) is 0 Å². The van der Waals surface area contributed by atoms with Crippen LogP contribution in [-0.4, -0.2) is 40.4 Å². The second-order valence-corrected chi connectivity index (χ2v) is 6.42. The molecule has 2 amide bonds. The first kappa shape index (κ1) is 17.5. The summed E-state index contributed by atoms with van der Waals surface area (Å²) in [4.78, 5) is 34.6. The van der Waals surface area contributed by atoms with Crippen molar-refractivity contribution < 1.29 is 19.5 Å². The highest BCUT2D eigenvalue weighted by Crippen LogP contribution is 2.18. The molecule has 1 rings (SSSR count). The molecule has 6 nitrogen and oxygen atoms in total. The fourth-order valence-corrected chi connectivity index (χ4v) is 3.16. The van der Waals surface area contributed by atoms with Crippen LogP contribution in [0.5, 0.6) is 0 Å². The van der Waals surface area contributed by atoms with E-state index in [0.717, 1.165) is 4.88 Å². The highest BCUT2D eigenvalue weighted by atomic mass is 32.2. The number of amides is 2. The van der Waals surface area contributed by atoms with E-state index >= 15 is 0 Å². The lowest BCUT2D eigenvalue weighted by molar-refractivity contribution is -0.140. The summed E-state index contributed by atoms with van der Waals surface area (Å²) < 4.78 is 0. The highest BCUT2D eigenvalue weighted by Gasteiger charge is 2.19. The Kier molecular flexibility index (Phi) is 7.24. The van der Waals surface area contributed by atoms with E-state index in [4.69, 9.17) is 5.11 Å². The van der Waals surface area contributed by atoms with E-state index in [9.17, 15) is 14.4 Å². The van der Waals surface area contributed by atoms with Gasteiger partial charge in [-0.15, -0.1) is 23.1 Å². The first-order valence-corrected chi connectivity index (χ1v) is 8.34. The first-order valence-electron chi connectivity index (χ1n) is 6.30. The maximum Gasteiger partial charge on any atom is 0.327 e. The lowest BCUT2D eigenvalue weighted by Crippen LogP contribution is -2.41. The minimum atomic E-state index is -1.11. The molecule has 0 aromatic carbocycles. The zero-order chi connectivity index (χ0) is 15.8. The number of carbonyl (C=O) groups excluding carboxylic acids is 2. The number of rotatable bonds is 8. The number of thiophene rings is 1. The zero-order valence-corrected chi connectivity index (χ0v) is 13.4. The summed E-state index contributed by atoms with van der Waals surface area (Å²) in [6, 6.07) is 2.82. The van der Waals surface area contributed by atoms with Crippen molar-refractivity contribution in [1.29, 1.82) is 0 Å². The predicted molar refractivity (Wildman–Crippen MR) is 83.4 cm³/mol. The van der Waals surface area contributed by atoms with Gasteiger partial charge < -0.3 is 15.7 Å². The van der Waals surface area contributed by atoms with Crippen LogP contribution in [0.25, 0.3) is 0 Å². The van der Waals surface area contributed by atoms with Gasteiger partial charge in [0.25, 0.3) is 0 Å². The Bertz CT molecular complexity index is 490. The fourth-order valence-electron chi connectivity index (χ4n) is 1.58. The van der Waals surface area contributed by atoms with Crippen LogP contribution in [0, 0.1) is 0 Å². The van der Waals surface area contributed by atoms with Crippen molar-refractivity contribution in [1.82, 2.24) is 10.6 Å². The SMILES string of the molecule is CC(=O)NC(CSCC(=O)NC(C)c1cccs1)C(=O)O. The van der Waals surface area contributed by atoms with Gasteiger partial charge in [-0.1, -0.05) is 6.07 Å². The Morgan fingerprint density at radius 2 is 2.10 bits per heavy atom. The summed E-state index contributed by atoms with van der Waals surface area (Å²) in [5.41, 5.74) is 0. The van der Waals surface area contributed by atoms with Crippen molar-refractivity contribution in [2.45, 2.75) is 25.9 Å². The van der Waals surface area contributed by atoms with E-state index in [1.165, 1.54) is 18.7 Å². The Hall–Kier alpha value is -1.54. The maximum absolute atomic E-state index is 11.8. The normalized spacial score (nSPS) is 13.2. The second kappa shape index (κ2) is 8.68. The lowest BCUT2D eigenvalue weighted by Gasteiger charge is -2.14. The zero-order valence-electron chi connectivity index (χ0n) is 11.8. The van der Waals surface area contributed by atoms with Gasteiger partial charge >= 0.3 is 5.97 Å². The Morgan fingerprint density at radius 1 is 1.38 bits per heavy atom. The van der Waals surface area contributed by atoms with Gasteiger partial charge in [0.15, 0.2) is 0 Å². The molecular weight excluding hydrogens is 312 g/mol. The molecule has 2 atom stereocenters. The third kappa shape index (κ3) is 6.63. The third-order valence-corrected chi connectivity index (χ3v) is 4.63.